The van der Waals surface area contributed by atoms with Crippen molar-refractivity contribution in [3.63, 3.8) is 0 Å². The molecule has 1 aromatic rings. The maximum absolute atomic E-state index is 5.71. The van der Waals surface area contributed by atoms with Crippen molar-refractivity contribution in [3.8, 4) is 5.75 Å². The lowest BCUT2D eigenvalue weighted by atomic mass is 10.0. The van der Waals surface area contributed by atoms with E-state index in [9.17, 15) is 0 Å². The number of aryl methyl sites for hydroxylation is 1. The first-order valence-electron chi connectivity index (χ1n) is 6.76. The van der Waals surface area contributed by atoms with E-state index in [-0.39, 0.29) is 0 Å². The van der Waals surface area contributed by atoms with Crippen LogP contribution in [-0.2, 0) is 4.74 Å². The Morgan fingerprint density at radius 2 is 2.39 bits per heavy atom. The zero-order chi connectivity index (χ0) is 12.8. The summed E-state index contributed by atoms with van der Waals surface area (Å²) in [6.45, 7) is 7.70. The van der Waals surface area contributed by atoms with Crippen molar-refractivity contribution in [2.75, 3.05) is 26.4 Å². The summed E-state index contributed by atoms with van der Waals surface area (Å²) in [4.78, 5) is 0. The van der Waals surface area contributed by atoms with Crippen LogP contribution in [0.4, 0.5) is 0 Å². The lowest BCUT2D eigenvalue weighted by Gasteiger charge is -2.19. The molecule has 0 saturated carbocycles. The van der Waals surface area contributed by atoms with E-state index in [1.165, 1.54) is 12.0 Å². The molecular formula is C15H23NO2. The number of nitrogens with one attached hydrogen (secondary N) is 1. The molecule has 1 heterocycles. The second-order valence-electron chi connectivity index (χ2n) is 5.03. The molecule has 1 aliphatic heterocycles. The van der Waals surface area contributed by atoms with Gasteiger partial charge in [0.05, 0.1) is 6.61 Å². The molecule has 0 aliphatic carbocycles. The van der Waals surface area contributed by atoms with Gasteiger partial charge in [-0.2, -0.15) is 0 Å². The first-order valence-corrected chi connectivity index (χ1v) is 6.76. The predicted octanol–water partition coefficient (Wildman–Crippen LogP) is 2.39. The van der Waals surface area contributed by atoms with Crippen LogP contribution in [0.1, 0.15) is 18.9 Å². The summed E-state index contributed by atoms with van der Waals surface area (Å²) in [5.41, 5.74) is 1.23. The number of benzene rings is 1. The minimum atomic E-state index is 0.508. The molecule has 1 fully saturated rings. The zero-order valence-corrected chi connectivity index (χ0v) is 11.3. The highest BCUT2D eigenvalue weighted by molar-refractivity contribution is 5.27. The van der Waals surface area contributed by atoms with E-state index in [1.807, 2.05) is 12.1 Å². The molecule has 2 unspecified atom stereocenters. The summed E-state index contributed by atoms with van der Waals surface area (Å²) in [5, 5.41) is 3.50. The quantitative estimate of drug-likeness (QED) is 0.785. The average molecular weight is 249 g/mol. The van der Waals surface area contributed by atoms with E-state index in [0.717, 1.165) is 25.5 Å². The fourth-order valence-corrected chi connectivity index (χ4v) is 2.27. The van der Waals surface area contributed by atoms with Gasteiger partial charge < -0.3 is 14.8 Å². The van der Waals surface area contributed by atoms with Crippen molar-refractivity contribution in [1.82, 2.24) is 5.32 Å². The van der Waals surface area contributed by atoms with E-state index in [1.54, 1.807) is 0 Å². The Kier molecular flexibility index (Phi) is 5.02. The Labute approximate surface area is 109 Å². The predicted molar refractivity (Wildman–Crippen MR) is 73.1 cm³/mol. The summed E-state index contributed by atoms with van der Waals surface area (Å²) >= 11 is 0. The van der Waals surface area contributed by atoms with Gasteiger partial charge >= 0.3 is 0 Å². The van der Waals surface area contributed by atoms with Crippen LogP contribution >= 0.6 is 0 Å². The smallest absolute Gasteiger partial charge is 0.119 e. The summed E-state index contributed by atoms with van der Waals surface area (Å²) < 4.78 is 11.1. The van der Waals surface area contributed by atoms with Crippen LogP contribution in [0, 0.1) is 12.8 Å². The van der Waals surface area contributed by atoms with Crippen molar-refractivity contribution in [2.45, 2.75) is 26.3 Å². The molecule has 1 saturated heterocycles. The molecule has 3 nitrogen and oxygen atoms in total. The van der Waals surface area contributed by atoms with Crippen molar-refractivity contribution in [1.29, 1.82) is 0 Å². The van der Waals surface area contributed by atoms with Gasteiger partial charge in [0.25, 0.3) is 0 Å². The SMILES string of the molecule is Cc1cccc(OCCNC(C)C2CCOC2)c1. The van der Waals surface area contributed by atoms with Gasteiger partial charge in [0.2, 0.25) is 0 Å². The molecule has 1 N–H and O–H groups in total. The van der Waals surface area contributed by atoms with Crippen LogP contribution < -0.4 is 10.1 Å². The second kappa shape index (κ2) is 6.76. The van der Waals surface area contributed by atoms with Crippen molar-refractivity contribution < 1.29 is 9.47 Å². The minimum Gasteiger partial charge on any atom is -0.492 e. The van der Waals surface area contributed by atoms with E-state index < -0.39 is 0 Å². The molecule has 18 heavy (non-hydrogen) atoms. The van der Waals surface area contributed by atoms with Gasteiger partial charge in [0.1, 0.15) is 12.4 Å². The molecule has 0 amide bonds. The maximum Gasteiger partial charge on any atom is 0.119 e. The van der Waals surface area contributed by atoms with Gasteiger partial charge in [-0.15, -0.1) is 0 Å². The van der Waals surface area contributed by atoms with Gasteiger partial charge in [0, 0.05) is 19.2 Å². The number of hydrogen-bond acceptors (Lipinski definition) is 3. The molecule has 2 atom stereocenters. The first kappa shape index (κ1) is 13.4. The van der Waals surface area contributed by atoms with Crippen LogP contribution in [0.25, 0.3) is 0 Å². The van der Waals surface area contributed by atoms with Crippen LogP contribution in [-0.4, -0.2) is 32.4 Å². The van der Waals surface area contributed by atoms with Gasteiger partial charge in [-0.05, 0) is 43.9 Å². The monoisotopic (exact) mass is 249 g/mol. The topological polar surface area (TPSA) is 30.5 Å². The molecule has 0 aromatic heterocycles. The standard InChI is InChI=1S/C15H23NO2/c1-12-4-3-5-15(10-12)18-9-7-16-13(2)14-6-8-17-11-14/h3-5,10,13-14,16H,6-9,11H2,1-2H3. The third-order valence-electron chi connectivity index (χ3n) is 3.50. The summed E-state index contributed by atoms with van der Waals surface area (Å²) in [7, 11) is 0. The van der Waals surface area contributed by atoms with E-state index in [0.29, 0.717) is 18.6 Å². The van der Waals surface area contributed by atoms with E-state index in [4.69, 9.17) is 9.47 Å². The number of rotatable bonds is 6. The minimum absolute atomic E-state index is 0.508. The maximum atomic E-state index is 5.71. The summed E-state index contributed by atoms with van der Waals surface area (Å²) in [6, 6.07) is 8.67. The largest absolute Gasteiger partial charge is 0.492 e. The normalized spacial score (nSPS) is 20.9. The van der Waals surface area contributed by atoms with E-state index in [2.05, 4.69) is 31.3 Å². The Bertz CT molecular complexity index is 361. The Balaban J connectivity index is 1.63. The van der Waals surface area contributed by atoms with Crippen molar-refractivity contribution >= 4 is 0 Å². The molecule has 1 aromatic carbocycles. The molecule has 2 rings (SSSR count). The highest BCUT2D eigenvalue weighted by Gasteiger charge is 2.21. The zero-order valence-electron chi connectivity index (χ0n) is 11.3. The Morgan fingerprint density at radius 1 is 1.50 bits per heavy atom. The summed E-state index contributed by atoms with van der Waals surface area (Å²) in [5.74, 6) is 1.61. The Hall–Kier alpha value is -1.06. The average Bonchev–Trinajstić information content (AvgIpc) is 2.88. The van der Waals surface area contributed by atoms with Crippen LogP contribution in [0.2, 0.25) is 0 Å². The van der Waals surface area contributed by atoms with Crippen LogP contribution in [0.3, 0.4) is 0 Å². The molecular weight excluding hydrogens is 226 g/mol. The Morgan fingerprint density at radius 3 is 3.11 bits per heavy atom. The first-order chi connectivity index (χ1) is 8.75. The van der Waals surface area contributed by atoms with Gasteiger partial charge in [-0.1, -0.05) is 12.1 Å². The van der Waals surface area contributed by atoms with Gasteiger partial charge in [0.15, 0.2) is 0 Å². The van der Waals surface area contributed by atoms with Crippen LogP contribution in [0.5, 0.6) is 5.75 Å². The molecule has 1 aliphatic rings. The van der Waals surface area contributed by atoms with Crippen LogP contribution in [0.15, 0.2) is 24.3 Å². The lowest BCUT2D eigenvalue weighted by molar-refractivity contribution is 0.177. The highest BCUT2D eigenvalue weighted by Crippen LogP contribution is 2.16. The van der Waals surface area contributed by atoms with Gasteiger partial charge in [-0.25, -0.2) is 0 Å². The van der Waals surface area contributed by atoms with Crippen molar-refractivity contribution in [2.24, 2.45) is 5.92 Å². The molecule has 100 valence electrons. The molecule has 3 heteroatoms. The highest BCUT2D eigenvalue weighted by atomic mass is 16.5. The summed E-state index contributed by atoms with van der Waals surface area (Å²) in [6.07, 6.45) is 1.17. The fourth-order valence-electron chi connectivity index (χ4n) is 2.27. The molecule has 0 bridgehead atoms. The fraction of sp³-hybridized carbons (Fsp3) is 0.600. The third-order valence-corrected chi connectivity index (χ3v) is 3.50. The molecule has 0 spiro atoms. The van der Waals surface area contributed by atoms with E-state index >= 15 is 0 Å². The van der Waals surface area contributed by atoms with Gasteiger partial charge in [-0.3, -0.25) is 0 Å². The second-order valence-corrected chi connectivity index (χ2v) is 5.03. The lowest BCUT2D eigenvalue weighted by Crippen LogP contribution is -2.36. The third kappa shape index (κ3) is 4.00. The molecule has 0 radical (unpaired) electrons. The van der Waals surface area contributed by atoms with Crippen molar-refractivity contribution in [3.05, 3.63) is 29.8 Å². The number of hydrogen-bond donors (Lipinski definition) is 1. The number of ether oxygens (including phenoxy) is 2.